The van der Waals surface area contributed by atoms with E-state index < -0.39 is 4.92 Å². The zero-order chi connectivity index (χ0) is 58.7. The third-order valence-electron chi connectivity index (χ3n) is 13.3. The maximum Gasteiger partial charge on any atom is 0.270 e. The van der Waals surface area contributed by atoms with Gasteiger partial charge in [0.1, 0.15) is 70.3 Å². The highest BCUT2D eigenvalue weighted by Gasteiger charge is 2.25. The summed E-state index contributed by atoms with van der Waals surface area (Å²) in [6.07, 6.45) is 3.33. The lowest BCUT2D eigenvalue weighted by molar-refractivity contribution is -0.384. The van der Waals surface area contributed by atoms with Gasteiger partial charge in [-0.1, -0.05) is 54.6 Å². The van der Waals surface area contributed by atoms with Crippen LogP contribution in [0, 0.1) is 124 Å². The number of nitro groups is 1. The van der Waals surface area contributed by atoms with Crippen molar-refractivity contribution < 1.29 is 33.4 Å². The molecule has 81 heavy (non-hydrogen) atoms. The van der Waals surface area contributed by atoms with Crippen molar-refractivity contribution in [1.29, 1.82) is 21.0 Å². The van der Waals surface area contributed by atoms with Crippen LogP contribution in [0.25, 0.3) is 9.69 Å². The van der Waals surface area contributed by atoms with Crippen molar-refractivity contribution >= 4 is 17.1 Å². The van der Waals surface area contributed by atoms with Gasteiger partial charge in [-0.2, -0.15) is 21.0 Å². The number of aryl methyl sites for hydroxylation is 8. The number of rotatable bonds is 11. The molecule has 0 fully saturated rings. The molecule has 0 amide bonds. The molecule has 0 saturated carbocycles. The topological polar surface area (TPSA) is 232 Å². The fourth-order valence-electron chi connectivity index (χ4n) is 9.49. The summed E-state index contributed by atoms with van der Waals surface area (Å²) in [5.41, 5.74) is 12.3. The van der Waals surface area contributed by atoms with Crippen molar-refractivity contribution in [1.82, 2.24) is 0 Å². The minimum atomic E-state index is -0.609. The highest BCUT2D eigenvalue weighted by Crippen LogP contribution is 2.43. The summed E-state index contributed by atoms with van der Waals surface area (Å²) in [6.45, 7) is 30.2. The molecule has 0 aliphatic heterocycles. The molecule has 0 saturated heterocycles. The van der Waals surface area contributed by atoms with Crippen LogP contribution in [-0.4, -0.2) is 15.1 Å². The lowest BCUT2D eigenvalue weighted by Crippen LogP contribution is -2.06. The Bertz CT molecular complexity index is 3860. The van der Waals surface area contributed by atoms with Gasteiger partial charge in [-0.05, 0) is 183 Å². The van der Waals surface area contributed by atoms with Crippen LogP contribution >= 0.6 is 0 Å². The fourth-order valence-corrected chi connectivity index (χ4v) is 9.49. The lowest BCUT2D eigenvalue weighted by Gasteiger charge is -2.22. The normalized spacial score (nSPS) is 10.7. The minimum absolute atomic E-state index is 0.0247. The summed E-state index contributed by atoms with van der Waals surface area (Å²) >= 11 is 0. The van der Waals surface area contributed by atoms with Gasteiger partial charge in [0.2, 0.25) is 0 Å². The van der Waals surface area contributed by atoms with Gasteiger partial charge in [-0.25, -0.2) is 4.85 Å². The van der Waals surface area contributed by atoms with Gasteiger partial charge in [0.15, 0.2) is 11.4 Å². The van der Waals surface area contributed by atoms with Crippen LogP contribution in [0.15, 0.2) is 149 Å². The summed E-state index contributed by atoms with van der Waals surface area (Å²) in [5.74, 6) is 4.33. The van der Waals surface area contributed by atoms with Gasteiger partial charge in [0.25, 0.3) is 5.69 Å². The monoisotopic (exact) mass is 1070 g/mol. The van der Waals surface area contributed by atoms with E-state index >= 15 is 0 Å². The van der Waals surface area contributed by atoms with Gasteiger partial charge in [0, 0.05) is 12.1 Å². The number of nitriles is 4. The van der Waals surface area contributed by atoms with Crippen LogP contribution in [0.3, 0.4) is 0 Å². The Morgan fingerprint density at radius 3 is 1.20 bits per heavy atom. The summed E-state index contributed by atoms with van der Waals surface area (Å²) in [7, 11) is 0. The molecule has 0 radical (unpaired) electrons. The first-order valence-corrected chi connectivity index (χ1v) is 25.0. The maximum absolute atomic E-state index is 10.3. The Labute approximate surface area is 469 Å². The van der Waals surface area contributed by atoms with Crippen LogP contribution in [0.4, 0.5) is 17.1 Å². The van der Waals surface area contributed by atoms with Crippen molar-refractivity contribution in [2.24, 2.45) is 0 Å². The molecule has 0 spiro atoms. The van der Waals surface area contributed by atoms with Gasteiger partial charge >= 0.3 is 0 Å². The predicted molar refractivity (Wildman–Crippen MR) is 304 cm³/mol. The third kappa shape index (κ3) is 12.9. The van der Waals surface area contributed by atoms with E-state index in [2.05, 4.69) is 40.0 Å². The van der Waals surface area contributed by atoms with E-state index in [1.807, 2.05) is 110 Å². The molecule has 2 heterocycles. The number of nitrogens with zero attached hydrogens (tertiary/aromatic N) is 7. The maximum atomic E-state index is 10.3. The summed E-state index contributed by atoms with van der Waals surface area (Å²) in [6, 6.07) is 44.8. The molecule has 398 valence electrons. The highest BCUT2D eigenvalue weighted by molar-refractivity contribution is 5.72. The number of benzene rings is 7. The Morgan fingerprint density at radius 2 is 0.840 bits per heavy atom. The van der Waals surface area contributed by atoms with E-state index in [1.54, 1.807) is 61.1 Å². The fraction of sp³-hybridized carbons (Fsp3) is 0.152. The van der Waals surface area contributed by atoms with Gasteiger partial charge in [-0.15, -0.1) is 0 Å². The molecular formula is C66H51N7O8. The SMILES string of the molecule is Cc1cc(C(c2cc(C)c(O)c(C)c2)c2ccco2)cc(C)c1O.N#Cc1ccc([N+](=O)[O-])cc1C#N.[C-]#[N+]c1ccc(Oc2c(C)cc(C(c3cc(C)c(Oc4ccc(C#N)c(C#N)c4)c(C)c3)c3ccco3)cc2C)cc1[N+]#[C-]. The van der Waals surface area contributed by atoms with Crippen LogP contribution < -0.4 is 9.47 Å². The van der Waals surface area contributed by atoms with Crippen molar-refractivity contribution in [3.8, 4) is 58.8 Å². The number of phenolic OH excluding ortho intramolecular Hbond substituents is 2. The first kappa shape index (κ1) is 57.3. The number of ether oxygens (including phenoxy) is 2. The van der Waals surface area contributed by atoms with E-state index in [0.29, 0.717) is 45.7 Å². The van der Waals surface area contributed by atoms with Gasteiger partial charge < -0.3 is 28.5 Å². The lowest BCUT2D eigenvalue weighted by atomic mass is 9.85. The first-order chi connectivity index (χ1) is 38.8. The van der Waals surface area contributed by atoms with Crippen LogP contribution in [0.2, 0.25) is 0 Å². The second-order valence-electron chi connectivity index (χ2n) is 19.1. The molecule has 9 aromatic rings. The molecule has 2 aromatic heterocycles. The number of phenols is 2. The first-order valence-electron chi connectivity index (χ1n) is 25.0. The quantitative estimate of drug-likeness (QED) is 0.0699. The Morgan fingerprint density at radius 1 is 0.481 bits per heavy atom. The predicted octanol–water partition coefficient (Wildman–Crippen LogP) is 16.6. The molecule has 15 heteroatoms. The second-order valence-corrected chi connectivity index (χ2v) is 19.1. The molecule has 9 rings (SSSR count). The van der Waals surface area contributed by atoms with Gasteiger partial charge in [-0.3, -0.25) is 15.0 Å². The molecule has 0 bridgehead atoms. The zero-order valence-electron chi connectivity index (χ0n) is 45.4. The highest BCUT2D eigenvalue weighted by atomic mass is 16.6. The molecule has 0 aliphatic carbocycles. The van der Waals surface area contributed by atoms with Crippen molar-refractivity contribution in [2.45, 2.75) is 67.2 Å². The Balaban J connectivity index is 0.000000211. The van der Waals surface area contributed by atoms with Gasteiger partial charge in [0.05, 0.1) is 64.7 Å². The van der Waals surface area contributed by atoms with Crippen LogP contribution in [0.1, 0.15) is 112 Å². The molecule has 2 N–H and O–H groups in total. The van der Waals surface area contributed by atoms with Crippen molar-refractivity contribution in [3.63, 3.8) is 0 Å². The number of non-ortho nitro benzene ring substituents is 1. The average molecular weight is 1070 g/mol. The number of aromatic hydroxyl groups is 2. The van der Waals surface area contributed by atoms with E-state index in [0.717, 1.165) is 84.3 Å². The number of furan rings is 2. The van der Waals surface area contributed by atoms with E-state index in [1.165, 1.54) is 12.1 Å². The Kier molecular flexibility index (Phi) is 17.8. The number of hydrogen-bond acceptors (Lipinski definition) is 12. The largest absolute Gasteiger partial charge is 0.507 e. The number of nitro benzene ring substituents is 1. The van der Waals surface area contributed by atoms with E-state index in [-0.39, 0.29) is 39.9 Å². The molecule has 1 atom stereocenters. The number of hydrogen-bond donors (Lipinski definition) is 2. The van der Waals surface area contributed by atoms with Crippen LogP contribution in [-0.2, 0) is 0 Å². The van der Waals surface area contributed by atoms with E-state index in [9.17, 15) is 30.9 Å². The van der Waals surface area contributed by atoms with Crippen molar-refractivity contribution in [2.75, 3.05) is 0 Å². The van der Waals surface area contributed by atoms with E-state index in [4.69, 9.17) is 42.0 Å². The second kappa shape index (κ2) is 25.2. The third-order valence-corrected chi connectivity index (χ3v) is 13.3. The summed E-state index contributed by atoms with van der Waals surface area (Å²) in [4.78, 5) is 16.5. The molecule has 7 aromatic carbocycles. The minimum Gasteiger partial charge on any atom is -0.507 e. The molecular weight excluding hydrogens is 1020 g/mol. The van der Waals surface area contributed by atoms with Crippen molar-refractivity contribution in [3.05, 3.63) is 273 Å². The standard InChI is InChI=1S/C37H26N4O3.C21H22O3.C8H3N3O2/c1-22-14-27(15-23(2)36(22)43-30-10-9-26(20-38)29(18-30)21-39)35(34-8-7-13-42-34)28-16-24(3)37(25(4)17-28)44-31-11-12-32(40-5)33(19-31)41-6;1-12-8-16(9-13(2)20(12)22)19(18-6-5-7-24-18)17-10-14(3)21(23)15(4)11-17;9-4-6-1-2-8(11(12)13)3-7(6)5-10/h7-19,35H,1-4H3;5-11,19,22-23H,1-4H3;1-3H. The zero-order valence-corrected chi connectivity index (χ0v) is 45.4. The Hall–Kier alpha value is -11.4. The molecule has 15 nitrogen and oxygen atoms in total. The average Bonchev–Trinajstić information content (AvgIpc) is 4.31. The molecule has 1 unspecified atom stereocenters. The molecule has 0 aliphatic rings. The summed E-state index contributed by atoms with van der Waals surface area (Å²) in [5, 5.41) is 66.2. The smallest absolute Gasteiger partial charge is 0.270 e. The van der Waals surface area contributed by atoms with Crippen LogP contribution in [0.5, 0.6) is 34.5 Å². The summed E-state index contributed by atoms with van der Waals surface area (Å²) < 4.78 is 24.1.